The van der Waals surface area contributed by atoms with Crippen LogP contribution in [-0.4, -0.2) is 17.2 Å². The normalized spacial score (nSPS) is 13.1. The molecule has 0 saturated carbocycles. The number of nitrogens with two attached hydrogens (primary N) is 1. The van der Waals surface area contributed by atoms with Gasteiger partial charge < -0.3 is 16.2 Å². The molecule has 4 N–H and O–H groups in total. The second-order valence-corrected chi connectivity index (χ2v) is 7.45. The van der Waals surface area contributed by atoms with Crippen LogP contribution in [0.5, 0.6) is 0 Å². The first kappa shape index (κ1) is 19.9. The average Bonchev–Trinajstić information content (AvgIpc) is 2.48. The zero-order valence-electron chi connectivity index (χ0n) is 13.9. The Morgan fingerprint density at radius 2 is 1.60 bits per heavy atom. The maximum atomic E-state index is 13.3. The maximum Gasteiger partial charge on any atom is 0.126 e. The average molecular weight is 389 g/mol. The summed E-state index contributed by atoms with van der Waals surface area (Å²) in [6.07, 6.45) is -0.475. The van der Waals surface area contributed by atoms with Crippen molar-refractivity contribution >= 4 is 28.9 Å². The number of nitrogens with one attached hydrogen (secondary N) is 1. The van der Waals surface area contributed by atoms with Crippen molar-refractivity contribution in [2.24, 2.45) is 0 Å². The molecule has 0 radical (unpaired) electrons. The molecule has 3 nitrogen and oxygen atoms in total. The Morgan fingerprint density at radius 3 is 2.12 bits per heavy atom. The first-order valence-electron chi connectivity index (χ1n) is 7.70. The number of nitrogen functional groups attached to an aromatic ring is 1. The predicted octanol–water partition coefficient (Wildman–Crippen LogP) is 4.50. The molecule has 2 aromatic carbocycles. The quantitative estimate of drug-likeness (QED) is 0.638. The van der Waals surface area contributed by atoms with Gasteiger partial charge in [0, 0.05) is 18.2 Å². The molecule has 0 amide bonds. The van der Waals surface area contributed by atoms with Gasteiger partial charge in [-0.15, -0.1) is 0 Å². The minimum absolute atomic E-state index is 0.210. The van der Waals surface area contributed by atoms with Crippen LogP contribution in [0.2, 0.25) is 10.0 Å². The van der Waals surface area contributed by atoms with Gasteiger partial charge >= 0.3 is 0 Å². The highest BCUT2D eigenvalue weighted by molar-refractivity contribution is 6.38. The lowest BCUT2D eigenvalue weighted by molar-refractivity contribution is 0.160. The molecular weight excluding hydrogens is 369 g/mol. The van der Waals surface area contributed by atoms with Gasteiger partial charge in [0.1, 0.15) is 11.6 Å². The van der Waals surface area contributed by atoms with Gasteiger partial charge in [0.15, 0.2) is 0 Å². The van der Waals surface area contributed by atoms with Crippen LogP contribution >= 0.6 is 23.2 Å². The minimum atomic E-state index is -0.862. The fourth-order valence-electron chi connectivity index (χ4n) is 2.57. The maximum absolute atomic E-state index is 13.3. The van der Waals surface area contributed by atoms with Gasteiger partial charge in [0.2, 0.25) is 0 Å². The smallest absolute Gasteiger partial charge is 0.126 e. The molecule has 0 fully saturated rings. The van der Waals surface area contributed by atoms with Crippen LogP contribution in [0, 0.1) is 11.6 Å². The lowest BCUT2D eigenvalue weighted by atomic mass is 9.94. The van der Waals surface area contributed by atoms with Gasteiger partial charge in [0.25, 0.3) is 0 Å². The molecule has 0 aliphatic carbocycles. The molecule has 0 heterocycles. The van der Waals surface area contributed by atoms with E-state index in [1.165, 1.54) is 12.1 Å². The van der Waals surface area contributed by atoms with E-state index in [4.69, 9.17) is 28.9 Å². The van der Waals surface area contributed by atoms with E-state index in [1.807, 2.05) is 13.8 Å². The number of benzene rings is 2. The molecule has 25 heavy (non-hydrogen) atoms. The third-order valence-electron chi connectivity index (χ3n) is 3.83. The molecule has 2 rings (SSSR count). The SMILES string of the molecule is CC(C)(Cc1cc(F)cc(F)c1)NCC(O)c1cc(Cl)c(N)c(Cl)c1. The third-order valence-corrected chi connectivity index (χ3v) is 4.45. The van der Waals surface area contributed by atoms with Crippen molar-refractivity contribution in [2.45, 2.75) is 31.9 Å². The van der Waals surface area contributed by atoms with Crippen molar-refractivity contribution in [1.82, 2.24) is 5.32 Å². The van der Waals surface area contributed by atoms with E-state index in [0.717, 1.165) is 6.07 Å². The summed E-state index contributed by atoms with van der Waals surface area (Å²) in [6, 6.07) is 6.54. The largest absolute Gasteiger partial charge is 0.396 e. The second kappa shape index (κ2) is 7.87. The summed E-state index contributed by atoms with van der Waals surface area (Å²) in [7, 11) is 0. The summed E-state index contributed by atoms with van der Waals surface area (Å²) in [5.41, 5.74) is 6.51. The lowest BCUT2D eigenvalue weighted by Gasteiger charge is -2.28. The Morgan fingerprint density at radius 1 is 1.08 bits per heavy atom. The molecule has 0 bridgehead atoms. The van der Waals surface area contributed by atoms with Crippen molar-refractivity contribution < 1.29 is 13.9 Å². The van der Waals surface area contributed by atoms with Crippen molar-refractivity contribution in [3.05, 3.63) is 63.1 Å². The summed E-state index contributed by atoms with van der Waals surface area (Å²) < 4.78 is 26.6. The number of rotatable bonds is 6. The summed E-state index contributed by atoms with van der Waals surface area (Å²) in [5, 5.41) is 14.1. The zero-order valence-corrected chi connectivity index (χ0v) is 15.4. The first-order chi connectivity index (χ1) is 11.6. The fourth-order valence-corrected chi connectivity index (χ4v) is 3.08. The van der Waals surface area contributed by atoms with Gasteiger partial charge in [-0.05, 0) is 55.7 Å². The Labute approximate surface area is 155 Å². The Hall–Kier alpha value is -1.40. The van der Waals surface area contributed by atoms with E-state index >= 15 is 0 Å². The number of hydrogen-bond acceptors (Lipinski definition) is 3. The summed E-state index contributed by atoms with van der Waals surface area (Å²) >= 11 is 12.0. The first-order valence-corrected chi connectivity index (χ1v) is 8.45. The molecule has 1 atom stereocenters. The fraction of sp³-hybridized carbons (Fsp3) is 0.333. The molecule has 2 aromatic rings. The van der Waals surface area contributed by atoms with Gasteiger partial charge in [-0.2, -0.15) is 0 Å². The van der Waals surface area contributed by atoms with Crippen LogP contribution in [0.3, 0.4) is 0 Å². The summed E-state index contributed by atoms with van der Waals surface area (Å²) in [6.45, 7) is 3.97. The number of anilines is 1. The lowest BCUT2D eigenvalue weighted by Crippen LogP contribution is -2.43. The van der Waals surface area contributed by atoms with E-state index in [0.29, 0.717) is 17.5 Å². The second-order valence-electron chi connectivity index (χ2n) is 6.63. The molecule has 136 valence electrons. The monoisotopic (exact) mass is 388 g/mol. The van der Waals surface area contributed by atoms with E-state index in [2.05, 4.69) is 5.32 Å². The highest BCUT2D eigenvalue weighted by atomic mass is 35.5. The Balaban J connectivity index is 2.03. The van der Waals surface area contributed by atoms with Crippen LogP contribution in [-0.2, 0) is 6.42 Å². The van der Waals surface area contributed by atoms with Gasteiger partial charge in [-0.3, -0.25) is 0 Å². The summed E-state index contributed by atoms with van der Waals surface area (Å²) in [5.74, 6) is -1.23. The van der Waals surface area contributed by atoms with Crippen molar-refractivity contribution in [3.63, 3.8) is 0 Å². The molecule has 1 unspecified atom stereocenters. The highest BCUT2D eigenvalue weighted by Crippen LogP contribution is 2.31. The van der Waals surface area contributed by atoms with Crippen molar-refractivity contribution in [3.8, 4) is 0 Å². The van der Waals surface area contributed by atoms with E-state index < -0.39 is 23.3 Å². The topological polar surface area (TPSA) is 58.3 Å². The Bertz CT molecular complexity index is 725. The molecule has 0 saturated heterocycles. The van der Waals surface area contributed by atoms with E-state index in [1.54, 1.807) is 12.1 Å². The summed E-state index contributed by atoms with van der Waals surface area (Å²) in [4.78, 5) is 0. The molecule has 0 aliphatic heterocycles. The third kappa shape index (κ3) is 5.54. The number of halogens is 4. The van der Waals surface area contributed by atoms with Crippen molar-refractivity contribution in [1.29, 1.82) is 0 Å². The van der Waals surface area contributed by atoms with Crippen LogP contribution in [0.1, 0.15) is 31.1 Å². The van der Waals surface area contributed by atoms with Gasteiger partial charge in [-0.1, -0.05) is 23.2 Å². The standard InChI is InChI=1S/C18H20Cl2F2N2O/c1-18(2,8-10-3-12(21)7-13(22)4-10)24-9-16(25)11-5-14(19)17(23)15(20)6-11/h3-7,16,24-25H,8-9,23H2,1-2H3. The highest BCUT2D eigenvalue weighted by Gasteiger charge is 2.21. The molecule has 0 spiro atoms. The number of aliphatic hydroxyl groups is 1. The molecular formula is C18H20Cl2F2N2O. The zero-order chi connectivity index (χ0) is 18.8. The van der Waals surface area contributed by atoms with Crippen LogP contribution in [0.4, 0.5) is 14.5 Å². The predicted molar refractivity (Wildman–Crippen MR) is 98.0 cm³/mol. The number of aliphatic hydroxyl groups excluding tert-OH is 1. The Kier molecular flexibility index (Phi) is 6.27. The van der Waals surface area contributed by atoms with Gasteiger partial charge in [-0.25, -0.2) is 8.78 Å². The molecule has 7 heteroatoms. The number of β-amino-alcohol motifs (C(OH)–C–C–N with tert-alkyl or cyclic N) is 1. The van der Waals surface area contributed by atoms with Crippen LogP contribution in [0.15, 0.2) is 30.3 Å². The minimum Gasteiger partial charge on any atom is -0.396 e. The van der Waals surface area contributed by atoms with E-state index in [-0.39, 0.29) is 22.3 Å². The van der Waals surface area contributed by atoms with Crippen LogP contribution < -0.4 is 11.1 Å². The molecule has 0 aromatic heterocycles. The van der Waals surface area contributed by atoms with Gasteiger partial charge in [0.05, 0.1) is 21.8 Å². The van der Waals surface area contributed by atoms with Crippen molar-refractivity contribution in [2.75, 3.05) is 12.3 Å². The van der Waals surface area contributed by atoms with E-state index in [9.17, 15) is 13.9 Å². The number of hydrogen-bond donors (Lipinski definition) is 3. The van der Waals surface area contributed by atoms with Crippen LogP contribution in [0.25, 0.3) is 0 Å². The molecule has 0 aliphatic rings.